The molecule has 3 aromatic carbocycles. The number of ether oxygens (including phenoxy) is 1. The largest absolute Gasteiger partial charge is 0.488 e. The minimum atomic E-state index is -1.64. The predicted molar refractivity (Wildman–Crippen MR) is 121 cm³/mol. The Balaban J connectivity index is 1.43. The summed E-state index contributed by atoms with van der Waals surface area (Å²) in [5.41, 5.74) is 6.80. The van der Waals surface area contributed by atoms with Gasteiger partial charge in [0.05, 0.1) is 0 Å². The van der Waals surface area contributed by atoms with Crippen molar-refractivity contribution in [3.05, 3.63) is 88.5 Å². The van der Waals surface area contributed by atoms with Gasteiger partial charge in [-0.1, -0.05) is 60.5 Å². The van der Waals surface area contributed by atoms with Crippen molar-refractivity contribution >= 4 is 18.7 Å². The molecular formula is C25H22BNO4. The Morgan fingerprint density at radius 2 is 1.71 bits per heavy atom. The Hall–Kier alpha value is -3.53. The van der Waals surface area contributed by atoms with E-state index in [0.717, 1.165) is 11.1 Å². The zero-order valence-corrected chi connectivity index (χ0v) is 17.1. The second-order valence-electron chi connectivity index (χ2n) is 7.55. The summed E-state index contributed by atoms with van der Waals surface area (Å²) in [4.78, 5) is 12.4. The number of hydrogen-bond acceptors (Lipinski definition) is 4. The fraction of sp³-hybridized carbons (Fsp3) is 0.160. The minimum absolute atomic E-state index is 0.0123. The molecule has 0 radical (unpaired) electrons. The Bertz CT molecular complexity index is 1140. The highest BCUT2D eigenvalue weighted by Gasteiger charge is 2.29. The zero-order valence-electron chi connectivity index (χ0n) is 17.1. The lowest BCUT2D eigenvalue weighted by Crippen LogP contribution is -2.34. The number of carbonyl (C=O) groups excluding carboxylic acids is 1. The molecule has 0 atom stereocenters. The van der Waals surface area contributed by atoms with Crippen LogP contribution in [0, 0.1) is 19.3 Å². The van der Waals surface area contributed by atoms with E-state index in [1.54, 1.807) is 19.1 Å². The normalized spacial score (nSPS) is 11.9. The maximum Gasteiger partial charge on any atom is 0.488 e. The smallest absolute Gasteiger partial charge is 0.449 e. The van der Waals surface area contributed by atoms with Gasteiger partial charge >= 0.3 is 13.2 Å². The van der Waals surface area contributed by atoms with E-state index in [2.05, 4.69) is 35.5 Å². The lowest BCUT2D eigenvalue weighted by atomic mass is 9.75. The minimum Gasteiger partial charge on any atom is -0.449 e. The SMILES string of the molecule is C#Cc1cc(CNC(=O)OCC2c3ccccc3-c3ccccc32)cc(B(O)O)c1C. The first-order valence-electron chi connectivity index (χ1n) is 10.0. The molecule has 0 spiro atoms. The summed E-state index contributed by atoms with van der Waals surface area (Å²) in [6, 6.07) is 19.7. The number of alkyl carbamates (subject to hydrolysis) is 1. The van der Waals surface area contributed by atoms with E-state index >= 15 is 0 Å². The van der Waals surface area contributed by atoms with E-state index in [0.29, 0.717) is 22.2 Å². The lowest BCUT2D eigenvalue weighted by molar-refractivity contribution is 0.142. The molecule has 0 fully saturated rings. The number of fused-ring (bicyclic) bond motifs is 3. The fourth-order valence-corrected chi connectivity index (χ4v) is 4.14. The second-order valence-corrected chi connectivity index (χ2v) is 7.55. The molecule has 1 amide bonds. The molecule has 154 valence electrons. The molecule has 1 aliphatic rings. The number of benzene rings is 3. The molecule has 0 aliphatic heterocycles. The number of carbonyl (C=O) groups is 1. The quantitative estimate of drug-likeness (QED) is 0.446. The van der Waals surface area contributed by atoms with Crippen LogP contribution in [0.5, 0.6) is 0 Å². The van der Waals surface area contributed by atoms with Gasteiger partial charge in [0, 0.05) is 18.0 Å². The van der Waals surface area contributed by atoms with Crippen molar-refractivity contribution < 1.29 is 19.6 Å². The highest BCUT2D eigenvalue weighted by Crippen LogP contribution is 2.44. The topological polar surface area (TPSA) is 78.8 Å². The first-order valence-corrected chi connectivity index (χ1v) is 10.0. The van der Waals surface area contributed by atoms with E-state index < -0.39 is 13.2 Å². The summed E-state index contributed by atoms with van der Waals surface area (Å²) in [5, 5.41) is 21.8. The average molecular weight is 411 g/mol. The summed E-state index contributed by atoms with van der Waals surface area (Å²) >= 11 is 0. The van der Waals surface area contributed by atoms with Crippen LogP contribution in [0.15, 0.2) is 60.7 Å². The molecule has 4 rings (SSSR count). The molecule has 0 aromatic heterocycles. The Kier molecular flexibility index (Phi) is 5.81. The summed E-state index contributed by atoms with van der Waals surface area (Å²) in [6.45, 7) is 2.11. The van der Waals surface area contributed by atoms with Crippen LogP contribution in [-0.4, -0.2) is 29.9 Å². The molecule has 0 unspecified atom stereocenters. The number of amides is 1. The number of rotatable bonds is 5. The standard InChI is InChI=1S/C25H22BNO4/c1-3-18-12-17(13-24(16(18)2)26(29)30)14-27-25(28)31-15-23-21-10-6-4-8-19(21)20-9-5-7-11-22(20)23/h1,4-13,23,29-30H,14-15H2,2H3,(H,27,28). The number of nitrogens with one attached hydrogen (secondary N) is 1. The van der Waals surface area contributed by atoms with Crippen LogP contribution in [0.4, 0.5) is 4.79 Å². The van der Waals surface area contributed by atoms with Crippen LogP contribution in [0.3, 0.4) is 0 Å². The molecule has 0 heterocycles. The van der Waals surface area contributed by atoms with Gasteiger partial charge in [0.25, 0.3) is 0 Å². The van der Waals surface area contributed by atoms with E-state index in [4.69, 9.17) is 11.2 Å². The third-order valence-electron chi connectivity index (χ3n) is 5.72. The first-order chi connectivity index (χ1) is 15.0. The third-order valence-corrected chi connectivity index (χ3v) is 5.72. The van der Waals surface area contributed by atoms with Crippen molar-refractivity contribution in [3.8, 4) is 23.5 Å². The molecule has 0 bridgehead atoms. The molecule has 1 aliphatic carbocycles. The zero-order chi connectivity index (χ0) is 22.0. The van der Waals surface area contributed by atoms with Gasteiger partial charge in [0.2, 0.25) is 0 Å². The van der Waals surface area contributed by atoms with Crippen molar-refractivity contribution in [2.24, 2.45) is 0 Å². The van der Waals surface area contributed by atoms with Crippen LogP contribution in [0.2, 0.25) is 0 Å². The van der Waals surface area contributed by atoms with Crippen LogP contribution in [0.1, 0.15) is 33.7 Å². The van der Waals surface area contributed by atoms with E-state index in [-0.39, 0.29) is 19.1 Å². The van der Waals surface area contributed by atoms with Gasteiger partial charge in [-0.25, -0.2) is 4.79 Å². The molecular weight excluding hydrogens is 389 g/mol. The van der Waals surface area contributed by atoms with E-state index in [9.17, 15) is 14.8 Å². The van der Waals surface area contributed by atoms with Crippen LogP contribution in [-0.2, 0) is 11.3 Å². The average Bonchev–Trinajstić information content (AvgIpc) is 3.10. The fourth-order valence-electron chi connectivity index (χ4n) is 4.14. The predicted octanol–water partition coefficient (Wildman–Crippen LogP) is 2.69. The molecule has 0 saturated heterocycles. The summed E-state index contributed by atoms with van der Waals surface area (Å²) in [7, 11) is -1.64. The molecule has 3 N–H and O–H groups in total. The van der Waals surface area contributed by atoms with E-state index in [1.807, 2.05) is 24.3 Å². The highest BCUT2D eigenvalue weighted by atomic mass is 16.5. The van der Waals surface area contributed by atoms with Gasteiger partial charge in [-0.2, -0.15) is 0 Å². The van der Waals surface area contributed by atoms with Crippen molar-refractivity contribution in [1.82, 2.24) is 5.32 Å². The van der Waals surface area contributed by atoms with Crippen molar-refractivity contribution in [2.45, 2.75) is 19.4 Å². The second kappa shape index (κ2) is 8.69. The molecule has 5 nitrogen and oxygen atoms in total. The van der Waals surface area contributed by atoms with Gasteiger partial charge in [0.1, 0.15) is 6.61 Å². The van der Waals surface area contributed by atoms with Gasteiger partial charge in [-0.05, 0) is 51.8 Å². The summed E-state index contributed by atoms with van der Waals surface area (Å²) < 4.78 is 5.53. The van der Waals surface area contributed by atoms with E-state index in [1.165, 1.54) is 11.1 Å². The number of terminal acetylenes is 1. The first kappa shape index (κ1) is 20.7. The van der Waals surface area contributed by atoms with Crippen molar-refractivity contribution in [1.29, 1.82) is 0 Å². The van der Waals surface area contributed by atoms with Crippen molar-refractivity contribution in [3.63, 3.8) is 0 Å². The Labute approximate surface area is 181 Å². The summed E-state index contributed by atoms with van der Waals surface area (Å²) in [5.74, 6) is 2.52. The molecule has 0 saturated carbocycles. The van der Waals surface area contributed by atoms with Gasteiger partial charge in [0.15, 0.2) is 0 Å². The van der Waals surface area contributed by atoms with Crippen molar-refractivity contribution in [2.75, 3.05) is 6.61 Å². The van der Waals surface area contributed by atoms with Gasteiger partial charge < -0.3 is 20.1 Å². The maximum absolute atomic E-state index is 12.4. The Morgan fingerprint density at radius 3 is 2.29 bits per heavy atom. The molecule has 31 heavy (non-hydrogen) atoms. The van der Waals surface area contributed by atoms with Gasteiger partial charge in [-0.15, -0.1) is 6.42 Å². The number of hydrogen-bond donors (Lipinski definition) is 3. The Morgan fingerprint density at radius 1 is 1.10 bits per heavy atom. The van der Waals surface area contributed by atoms with Gasteiger partial charge in [-0.3, -0.25) is 0 Å². The monoisotopic (exact) mass is 411 g/mol. The van der Waals surface area contributed by atoms with Crippen LogP contribution < -0.4 is 10.8 Å². The molecule has 3 aromatic rings. The third kappa shape index (κ3) is 4.06. The van der Waals surface area contributed by atoms with Crippen LogP contribution >= 0.6 is 0 Å². The lowest BCUT2D eigenvalue weighted by Gasteiger charge is -2.15. The highest BCUT2D eigenvalue weighted by molar-refractivity contribution is 6.59. The molecule has 6 heteroatoms. The maximum atomic E-state index is 12.4. The summed E-state index contributed by atoms with van der Waals surface area (Å²) in [6.07, 6.45) is 4.97. The van der Waals surface area contributed by atoms with Crippen LogP contribution in [0.25, 0.3) is 11.1 Å².